The number of amides is 1. The number of hydrogen-bond donors (Lipinski definition) is 2. The first-order valence-electron chi connectivity index (χ1n) is 6.42. The number of carboxylic acids is 1. The van der Waals surface area contributed by atoms with Crippen LogP contribution < -0.4 is 4.74 Å². The van der Waals surface area contributed by atoms with Crippen LogP contribution in [0.15, 0.2) is 18.2 Å². The fourth-order valence-corrected chi connectivity index (χ4v) is 2.49. The van der Waals surface area contributed by atoms with Crippen molar-refractivity contribution in [2.45, 2.75) is 25.3 Å². The number of hydrogen-bond acceptors (Lipinski definition) is 4. The maximum Gasteiger partial charge on any atom is 0.305 e. The molecule has 2 N–H and O–H groups in total. The Morgan fingerprint density at radius 1 is 1.45 bits per heavy atom. The minimum atomic E-state index is -0.923. The summed E-state index contributed by atoms with van der Waals surface area (Å²) in [6.45, 7) is 0.516. The molecule has 108 valence electrons. The highest BCUT2D eigenvalue weighted by atomic mass is 16.5. The minimum Gasteiger partial charge on any atom is -0.507 e. The van der Waals surface area contributed by atoms with Crippen LogP contribution in [0.4, 0.5) is 0 Å². The monoisotopic (exact) mass is 279 g/mol. The summed E-state index contributed by atoms with van der Waals surface area (Å²) in [6, 6.07) is 4.15. The van der Waals surface area contributed by atoms with Crippen molar-refractivity contribution < 1.29 is 24.5 Å². The molecule has 1 aliphatic heterocycles. The molecule has 1 saturated heterocycles. The third-order valence-corrected chi connectivity index (χ3v) is 3.48. The van der Waals surface area contributed by atoms with Gasteiger partial charge >= 0.3 is 5.97 Å². The first-order chi connectivity index (χ1) is 9.52. The van der Waals surface area contributed by atoms with E-state index in [0.717, 1.165) is 6.42 Å². The lowest BCUT2D eigenvalue weighted by atomic mass is 10.1. The van der Waals surface area contributed by atoms with Gasteiger partial charge in [-0.3, -0.25) is 9.59 Å². The highest BCUT2D eigenvalue weighted by Crippen LogP contribution is 2.28. The zero-order chi connectivity index (χ0) is 14.7. The SMILES string of the molecule is COc1ccc(C(=O)N2CCCC2CC(=O)O)c(O)c1. The van der Waals surface area contributed by atoms with Gasteiger partial charge in [0, 0.05) is 18.7 Å². The van der Waals surface area contributed by atoms with Gasteiger partial charge < -0.3 is 19.8 Å². The topological polar surface area (TPSA) is 87.1 Å². The zero-order valence-electron chi connectivity index (χ0n) is 11.2. The van der Waals surface area contributed by atoms with Crippen molar-refractivity contribution in [2.24, 2.45) is 0 Å². The molecular weight excluding hydrogens is 262 g/mol. The van der Waals surface area contributed by atoms with Crippen molar-refractivity contribution in [1.29, 1.82) is 0 Å². The first-order valence-corrected chi connectivity index (χ1v) is 6.42. The molecule has 0 saturated carbocycles. The molecule has 0 spiro atoms. The van der Waals surface area contributed by atoms with Gasteiger partial charge in [0.25, 0.3) is 5.91 Å². The molecule has 20 heavy (non-hydrogen) atoms. The Hall–Kier alpha value is -2.24. The average molecular weight is 279 g/mol. The number of carbonyl (C=O) groups excluding carboxylic acids is 1. The van der Waals surface area contributed by atoms with Crippen LogP contribution in [0.1, 0.15) is 29.6 Å². The van der Waals surface area contributed by atoms with E-state index in [1.54, 1.807) is 6.07 Å². The van der Waals surface area contributed by atoms with E-state index in [1.165, 1.54) is 24.1 Å². The van der Waals surface area contributed by atoms with Gasteiger partial charge in [-0.2, -0.15) is 0 Å². The Bertz CT molecular complexity index is 528. The van der Waals surface area contributed by atoms with Crippen LogP contribution >= 0.6 is 0 Å². The summed E-state index contributed by atoms with van der Waals surface area (Å²) in [5.41, 5.74) is 0.170. The zero-order valence-corrected chi connectivity index (χ0v) is 11.2. The van der Waals surface area contributed by atoms with E-state index in [2.05, 4.69) is 0 Å². The Kier molecular flexibility index (Phi) is 4.12. The van der Waals surface area contributed by atoms with Crippen molar-refractivity contribution in [3.05, 3.63) is 23.8 Å². The summed E-state index contributed by atoms with van der Waals surface area (Å²) in [4.78, 5) is 24.7. The Balaban J connectivity index is 2.20. The predicted octanol–water partition coefficient (Wildman–Crippen LogP) is 1.48. The highest BCUT2D eigenvalue weighted by molar-refractivity contribution is 5.97. The Labute approximate surface area is 116 Å². The second kappa shape index (κ2) is 5.81. The Morgan fingerprint density at radius 3 is 2.80 bits per heavy atom. The largest absolute Gasteiger partial charge is 0.507 e. The molecule has 2 rings (SSSR count). The van der Waals surface area contributed by atoms with E-state index >= 15 is 0 Å². The third kappa shape index (κ3) is 2.84. The van der Waals surface area contributed by atoms with E-state index < -0.39 is 5.97 Å². The van der Waals surface area contributed by atoms with Gasteiger partial charge in [-0.05, 0) is 25.0 Å². The van der Waals surface area contributed by atoms with Crippen LogP contribution in [-0.2, 0) is 4.79 Å². The molecule has 6 nitrogen and oxygen atoms in total. The molecule has 1 heterocycles. The van der Waals surface area contributed by atoms with E-state index in [4.69, 9.17) is 9.84 Å². The molecule has 1 fully saturated rings. The van der Waals surface area contributed by atoms with E-state index in [0.29, 0.717) is 18.7 Å². The number of aromatic hydroxyl groups is 1. The number of benzene rings is 1. The molecule has 1 atom stereocenters. The number of carbonyl (C=O) groups is 2. The molecule has 6 heteroatoms. The van der Waals surface area contributed by atoms with E-state index in [9.17, 15) is 14.7 Å². The summed E-state index contributed by atoms with van der Waals surface area (Å²) >= 11 is 0. The second-order valence-electron chi connectivity index (χ2n) is 4.78. The van der Waals surface area contributed by atoms with Crippen molar-refractivity contribution in [1.82, 2.24) is 4.90 Å². The predicted molar refractivity (Wildman–Crippen MR) is 71.0 cm³/mol. The molecule has 0 aromatic heterocycles. The number of nitrogens with zero attached hydrogens (tertiary/aromatic N) is 1. The summed E-state index contributed by atoms with van der Waals surface area (Å²) in [7, 11) is 1.47. The molecule has 1 aromatic carbocycles. The van der Waals surface area contributed by atoms with Crippen molar-refractivity contribution in [3.8, 4) is 11.5 Å². The maximum absolute atomic E-state index is 12.4. The van der Waals surface area contributed by atoms with Gasteiger partial charge in [0.1, 0.15) is 11.5 Å². The summed E-state index contributed by atoms with van der Waals surface area (Å²) in [5.74, 6) is -0.958. The smallest absolute Gasteiger partial charge is 0.305 e. The van der Waals surface area contributed by atoms with Crippen molar-refractivity contribution in [2.75, 3.05) is 13.7 Å². The number of likely N-dealkylation sites (tertiary alicyclic amines) is 1. The van der Waals surface area contributed by atoms with Crippen LogP contribution in [0, 0.1) is 0 Å². The van der Waals surface area contributed by atoms with E-state index in [1.807, 2.05) is 0 Å². The fourth-order valence-electron chi connectivity index (χ4n) is 2.49. The minimum absolute atomic E-state index is 0.0668. The summed E-state index contributed by atoms with van der Waals surface area (Å²) in [6.07, 6.45) is 1.39. The molecule has 1 unspecified atom stereocenters. The molecule has 1 amide bonds. The number of methoxy groups -OCH3 is 1. The Morgan fingerprint density at radius 2 is 2.20 bits per heavy atom. The van der Waals surface area contributed by atoms with Gasteiger partial charge in [0.05, 0.1) is 19.1 Å². The second-order valence-corrected chi connectivity index (χ2v) is 4.78. The van der Waals surface area contributed by atoms with Gasteiger partial charge in [-0.1, -0.05) is 0 Å². The lowest BCUT2D eigenvalue weighted by Crippen LogP contribution is -2.36. The van der Waals surface area contributed by atoms with Crippen molar-refractivity contribution in [3.63, 3.8) is 0 Å². The van der Waals surface area contributed by atoms with Crippen molar-refractivity contribution >= 4 is 11.9 Å². The van der Waals surface area contributed by atoms with Crippen LogP contribution in [-0.4, -0.2) is 46.7 Å². The lowest BCUT2D eigenvalue weighted by molar-refractivity contribution is -0.137. The summed E-state index contributed by atoms with van der Waals surface area (Å²) < 4.78 is 4.97. The molecule has 0 radical (unpaired) electrons. The molecule has 0 bridgehead atoms. The lowest BCUT2D eigenvalue weighted by Gasteiger charge is -2.24. The van der Waals surface area contributed by atoms with Crippen LogP contribution in [0.3, 0.4) is 0 Å². The molecule has 1 aromatic rings. The number of ether oxygens (including phenoxy) is 1. The average Bonchev–Trinajstić information content (AvgIpc) is 2.85. The quantitative estimate of drug-likeness (QED) is 0.871. The van der Waals surface area contributed by atoms with Crippen LogP contribution in [0.25, 0.3) is 0 Å². The van der Waals surface area contributed by atoms with Gasteiger partial charge in [-0.15, -0.1) is 0 Å². The molecule has 0 aliphatic carbocycles. The number of rotatable bonds is 4. The summed E-state index contributed by atoms with van der Waals surface area (Å²) in [5, 5.41) is 18.7. The number of carboxylic acid groups (broad SMARTS) is 1. The van der Waals surface area contributed by atoms with E-state index in [-0.39, 0.29) is 29.7 Å². The normalized spacial score (nSPS) is 18.1. The van der Waals surface area contributed by atoms with Crippen LogP contribution in [0.5, 0.6) is 11.5 Å². The number of phenolic OH excluding ortho intramolecular Hbond substituents is 1. The van der Waals surface area contributed by atoms with Gasteiger partial charge in [-0.25, -0.2) is 0 Å². The molecular formula is C14H17NO5. The van der Waals surface area contributed by atoms with Gasteiger partial charge in [0.15, 0.2) is 0 Å². The standard InChI is InChI=1S/C14H17NO5/c1-20-10-4-5-11(12(16)8-10)14(19)15-6-2-3-9(15)7-13(17)18/h4-5,8-9,16H,2-3,6-7H2,1H3,(H,17,18). The van der Waals surface area contributed by atoms with Crippen LogP contribution in [0.2, 0.25) is 0 Å². The number of phenols is 1. The molecule has 1 aliphatic rings. The number of aliphatic carboxylic acids is 1. The fraction of sp³-hybridized carbons (Fsp3) is 0.429. The highest BCUT2D eigenvalue weighted by Gasteiger charge is 2.32. The third-order valence-electron chi connectivity index (χ3n) is 3.48. The first kappa shape index (κ1) is 14.2. The maximum atomic E-state index is 12.4. The van der Waals surface area contributed by atoms with Gasteiger partial charge in [0.2, 0.25) is 0 Å².